The normalized spacial score (nSPS) is 13.7. The average molecular weight is 486 g/mol. The quantitative estimate of drug-likeness (QED) is 0.361. The van der Waals surface area contributed by atoms with E-state index in [2.05, 4.69) is 15.2 Å². The average Bonchev–Trinajstić information content (AvgIpc) is 3.31. The van der Waals surface area contributed by atoms with Crippen molar-refractivity contribution in [3.05, 3.63) is 89.9 Å². The third kappa shape index (κ3) is 5.33. The fourth-order valence-electron chi connectivity index (χ4n) is 4.31. The Hall–Kier alpha value is -3.78. The molecule has 0 saturated carbocycles. The predicted octanol–water partition coefficient (Wildman–Crippen LogP) is 4.97. The summed E-state index contributed by atoms with van der Waals surface area (Å²) in [7, 11) is 0. The standard InChI is InChI=1S/C27H27N5O2S/c28-26(33)20-9-12-24(31-13-3-1-4-14-31)23(16-20)30-27(34)19-7-10-22(11-8-19)35-18-21-17-32-15-5-2-6-25(32)29-21/h2,5-12,15-17H,1,3-4,13-14,18H2,(H2,28,33)(H,30,34). The number of thioether (sulfide) groups is 1. The molecule has 1 aliphatic rings. The number of benzene rings is 2. The molecule has 3 heterocycles. The zero-order valence-corrected chi connectivity index (χ0v) is 20.1. The van der Waals surface area contributed by atoms with Gasteiger partial charge in [0.15, 0.2) is 0 Å². The van der Waals surface area contributed by atoms with Crippen LogP contribution in [0.3, 0.4) is 0 Å². The molecule has 0 unspecified atom stereocenters. The lowest BCUT2D eigenvalue weighted by atomic mass is 10.1. The van der Waals surface area contributed by atoms with Gasteiger partial charge in [-0.3, -0.25) is 9.59 Å². The SMILES string of the molecule is NC(=O)c1ccc(N2CCCCC2)c(NC(=O)c2ccc(SCc3cn4ccccc4n3)cc2)c1. The number of anilines is 2. The van der Waals surface area contributed by atoms with Crippen molar-refractivity contribution in [3.8, 4) is 0 Å². The van der Waals surface area contributed by atoms with Gasteiger partial charge < -0.3 is 20.4 Å². The lowest BCUT2D eigenvalue weighted by Crippen LogP contribution is -2.30. The Balaban J connectivity index is 1.28. The minimum atomic E-state index is -0.516. The van der Waals surface area contributed by atoms with Crippen molar-refractivity contribution < 1.29 is 9.59 Å². The Morgan fingerprint density at radius 2 is 1.74 bits per heavy atom. The number of piperidine rings is 1. The van der Waals surface area contributed by atoms with Crippen LogP contribution in [0, 0.1) is 0 Å². The van der Waals surface area contributed by atoms with Crippen molar-refractivity contribution in [2.24, 2.45) is 5.73 Å². The summed E-state index contributed by atoms with van der Waals surface area (Å²) in [5, 5.41) is 3.00. The largest absolute Gasteiger partial charge is 0.370 e. The molecule has 1 saturated heterocycles. The second-order valence-electron chi connectivity index (χ2n) is 8.61. The molecule has 3 N–H and O–H groups in total. The maximum atomic E-state index is 13.1. The highest BCUT2D eigenvalue weighted by molar-refractivity contribution is 7.98. The predicted molar refractivity (Wildman–Crippen MR) is 140 cm³/mol. The summed E-state index contributed by atoms with van der Waals surface area (Å²) in [5.41, 5.74) is 9.88. The van der Waals surface area contributed by atoms with Crippen LogP contribution in [0.15, 0.2) is 78.0 Å². The van der Waals surface area contributed by atoms with Crippen molar-refractivity contribution in [2.75, 3.05) is 23.3 Å². The van der Waals surface area contributed by atoms with Crippen LogP contribution in [0.1, 0.15) is 45.7 Å². The number of amides is 2. The second-order valence-corrected chi connectivity index (χ2v) is 9.66. The van der Waals surface area contributed by atoms with E-state index in [0.29, 0.717) is 16.8 Å². The summed E-state index contributed by atoms with van der Waals surface area (Å²) >= 11 is 1.67. The molecule has 7 nitrogen and oxygen atoms in total. The van der Waals surface area contributed by atoms with Crippen molar-refractivity contribution >= 4 is 40.6 Å². The summed E-state index contributed by atoms with van der Waals surface area (Å²) in [4.78, 5) is 32.7. The van der Waals surface area contributed by atoms with Gasteiger partial charge in [-0.15, -0.1) is 11.8 Å². The van der Waals surface area contributed by atoms with Gasteiger partial charge in [-0.1, -0.05) is 6.07 Å². The fourth-order valence-corrected chi connectivity index (χ4v) is 5.09. The van der Waals surface area contributed by atoms with Gasteiger partial charge in [0.2, 0.25) is 5.91 Å². The Morgan fingerprint density at radius 3 is 2.49 bits per heavy atom. The molecule has 178 valence electrons. The molecule has 5 rings (SSSR count). The molecule has 2 aromatic carbocycles. The first kappa shape index (κ1) is 23.0. The van der Waals surface area contributed by atoms with E-state index < -0.39 is 5.91 Å². The van der Waals surface area contributed by atoms with E-state index in [1.165, 1.54) is 6.42 Å². The molecule has 1 fully saturated rings. The van der Waals surface area contributed by atoms with Crippen LogP contribution in [0.5, 0.6) is 0 Å². The minimum Gasteiger partial charge on any atom is -0.370 e. The number of aromatic nitrogens is 2. The second kappa shape index (κ2) is 10.2. The molecule has 2 aromatic heterocycles. The summed E-state index contributed by atoms with van der Waals surface area (Å²) in [5.74, 6) is 0.00578. The number of carbonyl (C=O) groups is 2. The number of rotatable bonds is 7. The Morgan fingerprint density at radius 1 is 0.971 bits per heavy atom. The van der Waals surface area contributed by atoms with Gasteiger partial charge in [-0.05, 0) is 73.9 Å². The van der Waals surface area contributed by atoms with E-state index in [4.69, 9.17) is 5.73 Å². The lowest BCUT2D eigenvalue weighted by molar-refractivity contribution is 0.0996. The van der Waals surface area contributed by atoms with Crippen LogP contribution in [-0.4, -0.2) is 34.3 Å². The van der Waals surface area contributed by atoms with Gasteiger partial charge in [0.05, 0.1) is 17.1 Å². The number of nitrogens with one attached hydrogen (secondary N) is 1. The number of hydrogen-bond acceptors (Lipinski definition) is 5. The van der Waals surface area contributed by atoms with Crippen molar-refractivity contribution in [3.63, 3.8) is 0 Å². The monoisotopic (exact) mass is 485 g/mol. The van der Waals surface area contributed by atoms with Crippen molar-refractivity contribution in [1.29, 1.82) is 0 Å². The van der Waals surface area contributed by atoms with E-state index in [-0.39, 0.29) is 5.91 Å². The van der Waals surface area contributed by atoms with E-state index in [1.807, 2.05) is 65.3 Å². The molecule has 8 heteroatoms. The Kier molecular flexibility index (Phi) is 6.72. The number of nitrogens with two attached hydrogens (primary N) is 1. The number of carbonyl (C=O) groups excluding carboxylic acids is 2. The van der Waals surface area contributed by atoms with Crippen molar-refractivity contribution in [1.82, 2.24) is 9.38 Å². The van der Waals surface area contributed by atoms with E-state index >= 15 is 0 Å². The topological polar surface area (TPSA) is 92.7 Å². The summed E-state index contributed by atoms with van der Waals surface area (Å²) in [6.07, 6.45) is 7.45. The van der Waals surface area contributed by atoms with Gasteiger partial charge in [-0.2, -0.15) is 0 Å². The van der Waals surface area contributed by atoms with Crippen LogP contribution >= 0.6 is 11.8 Å². The molecular formula is C27H27N5O2S. The number of nitrogens with zero attached hydrogens (tertiary/aromatic N) is 3. The molecular weight excluding hydrogens is 458 g/mol. The summed E-state index contributed by atoms with van der Waals surface area (Å²) in [6, 6.07) is 18.7. The highest BCUT2D eigenvalue weighted by atomic mass is 32.2. The molecule has 0 radical (unpaired) electrons. The van der Waals surface area contributed by atoms with Gasteiger partial charge in [0.1, 0.15) is 5.65 Å². The first-order valence-electron chi connectivity index (χ1n) is 11.7. The number of hydrogen-bond donors (Lipinski definition) is 2. The summed E-state index contributed by atoms with van der Waals surface area (Å²) < 4.78 is 2.01. The molecule has 2 amide bonds. The highest BCUT2D eigenvalue weighted by Crippen LogP contribution is 2.30. The van der Waals surface area contributed by atoms with E-state index in [1.54, 1.807) is 23.9 Å². The first-order valence-corrected chi connectivity index (χ1v) is 12.7. The maximum Gasteiger partial charge on any atom is 0.255 e. The highest BCUT2D eigenvalue weighted by Gasteiger charge is 2.18. The van der Waals surface area contributed by atoms with Crippen LogP contribution in [0.25, 0.3) is 5.65 Å². The zero-order chi connectivity index (χ0) is 24.2. The third-order valence-corrected chi connectivity index (χ3v) is 7.19. The molecule has 35 heavy (non-hydrogen) atoms. The number of primary amides is 1. The Bertz CT molecular complexity index is 1330. The number of fused-ring (bicyclic) bond motifs is 1. The van der Waals surface area contributed by atoms with E-state index in [9.17, 15) is 9.59 Å². The first-order chi connectivity index (χ1) is 17.1. The van der Waals surface area contributed by atoms with Gasteiger partial charge in [0.25, 0.3) is 5.91 Å². The third-order valence-electron chi connectivity index (χ3n) is 6.14. The summed E-state index contributed by atoms with van der Waals surface area (Å²) in [6.45, 7) is 1.86. The molecule has 0 aliphatic carbocycles. The number of pyridine rings is 1. The van der Waals surface area contributed by atoms with Crippen LogP contribution in [-0.2, 0) is 5.75 Å². The zero-order valence-electron chi connectivity index (χ0n) is 19.3. The van der Waals surface area contributed by atoms with Crippen LogP contribution < -0.4 is 16.0 Å². The fraction of sp³-hybridized carbons (Fsp3) is 0.222. The van der Waals surface area contributed by atoms with Gasteiger partial charge >= 0.3 is 0 Å². The molecule has 1 aliphatic heterocycles. The lowest BCUT2D eigenvalue weighted by Gasteiger charge is -2.30. The smallest absolute Gasteiger partial charge is 0.255 e. The minimum absolute atomic E-state index is 0.221. The van der Waals surface area contributed by atoms with Gasteiger partial charge in [-0.25, -0.2) is 4.98 Å². The van der Waals surface area contributed by atoms with Crippen LogP contribution in [0.2, 0.25) is 0 Å². The molecule has 0 spiro atoms. The van der Waals surface area contributed by atoms with E-state index in [0.717, 1.165) is 53.6 Å². The Labute approximate surface area is 208 Å². The molecule has 0 atom stereocenters. The molecule has 4 aromatic rings. The maximum absolute atomic E-state index is 13.1. The van der Waals surface area contributed by atoms with Crippen molar-refractivity contribution in [2.45, 2.75) is 29.9 Å². The number of imidazole rings is 1. The molecule has 0 bridgehead atoms. The van der Waals surface area contributed by atoms with Crippen LogP contribution in [0.4, 0.5) is 11.4 Å². The van der Waals surface area contributed by atoms with Gasteiger partial charge in [0, 0.05) is 47.3 Å².